The van der Waals surface area contributed by atoms with Gasteiger partial charge in [-0.15, -0.1) is 6.42 Å². The van der Waals surface area contributed by atoms with Gasteiger partial charge in [0.1, 0.15) is 6.61 Å². The van der Waals surface area contributed by atoms with Gasteiger partial charge in [0.15, 0.2) is 17.3 Å². The summed E-state index contributed by atoms with van der Waals surface area (Å²) < 4.78 is 5.52. The molecule has 0 aromatic heterocycles. The summed E-state index contributed by atoms with van der Waals surface area (Å²) in [5, 5.41) is 0.617. The molecule has 0 spiro atoms. The van der Waals surface area contributed by atoms with Crippen LogP contribution in [0.15, 0.2) is 34.7 Å². The monoisotopic (exact) mass is 485 g/mol. The second kappa shape index (κ2) is 8.22. The van der Waals surface area contributed by atoms with E-state index >= 15 is 0 Å². The Bertz CT molecular complexity index is 1090. The minimum Gasteiger partial charge on any atom is -0.478 e. The van der Waals surface area contributed by atoms with Gasteiger partial charge in [0.2, 0.25) is 0 Å². The van der Waals surface area contributed by atoms with Gasteiger partial charge >= 0.3 is 0 Å². The van der Waals surface area contributed by atoms with E-state index < -0.39 is 5.92 Å². The minimum absolute atomic E-state index is 0.0404. The van der Waals surface area contributed by atoms with Crippen LogP contribution in [0.1, 0.15) is 64.9 Å². The van der Waals surface area contributed by atoms with Crippen molar-refractivity contribution in [1.29, 1.82) is 0 Å². The number of ketones is 2. The van der Waals surface area contributed by atoms with Gasteiger partial charge < -0.3 is 9.64 Å². The van der Waals surface area contributed by atoms with E-state index in [9.17, 15) is 9.59 Å². The first-order valence-corrected chi connectivity index (χ1v) is 11.9. The van der Waals surface area contributed by atoms with Gasteiger partial charge in [0.25, 0.3) is 0 Å². The van der Waals surface area contributed by atoms with E-state index in [0.29, 0.717) is 39.8 Å². The molecule has 2 aliphatic carbocycles. The highest BCUT2D eigenvalue weighted by Gasteiger charge is 2.48. The van der Waals surface area contributed by atoms with Crippen LogP contribution in [0.25, 0.3) is 0 Å². The summed E-state index contributed by atoms with van der Waals surface area (Å²) in [5.74, 6) is 2.37. The van der Waals surface area contributed by atoms with Crippen molar-refractivity contribution in [2.45, 2.75) is 59.3 Å². The lowest BCUT2D eigenvalue weighted by atomic mass is 9.64. The lowest BCUT2D eigenvalue weighted by Crippen LogP contribution is -2.43. The Morgan fingerprint density at radius 2 is 1.42 bits per heavy atom. The highest BCUT2D eigenvalue weighted by molar-refractivity contribution is 6.37. The molecule has 0 N–H and O–H groups in total. The Balaban J connectivity index is 1.94. The van der Waals surface area contributed by atoms with Gasteiger partial charge in [-0.2, -0.15) is 0 Å². The third-order valence-electron chi connectivity index (χ3n) is 6.83. The summed E-state index contributed by atoms with van der Waals surface area (Å²) in [5.41, 5.74) is 3.79. The molecule has 6 heteroatoms. The summed E-state index contributed by atoms with van der Waals surface area (Å²) in [6, 6.07) is 3.51. The van der Waals surface area contributed by atoms with Crippen molar-refractivity contribution < 1.29 is 14.3 Å². The van der Waals surface area contributed by atoms with E-state index in [1.165, 1.54) is 0 Å². The number of terminal acetylenes is 1. The molecule has 1 heterocycles. The Morgan fingerprint density at radius 1 is 0.970 bits per heavy atom. The molecule has 1 aliphatic heterocycles. The van der Waals surface area contributed by atoms with Crippen LogP contribution in [0.2, 0.25) is 10.0 Å². The highest BCUT2D eigenvalue weighted by Crippen LogP contribution is 2.54. The summed E-state index contributed by atoms with van der Waals surface area (Å²) in [6.45, 7) is 8.50. The second-order valence-electron chi connectivity index (χ2n) is 10.9. The number of nitrogens with zero attached hydrogens (tertiary/aromatic N) is 1. The van der Waals surface area contributed by atoms with E-state index in [2.05, 4.69) is 38.5 Å². The summed E-state index contributed by atoms with van der Waals surface area (Å²) in [4.78, 5) is 29.2. The van der Waals surface area contributed by atoms with Crippen molar-refractivity contribution in [3.8, 4) is 18.1 Å². The number of halogens is 2. The smallest absolute Gasteiger partial charge is 0.162 e. The second-order valence-corrected chi connectivity index (χ2v) is 11.7. The molecule has 0 radical (unpaired) electrons. The first-order valence-electron chi connectivity index (χ1n) is 11.2. The molecule has 1 aromatic rings. The lowest BCUT2D eigenvalue weighted by molar-refractivity contribution is -0.119. The minimum atomic E-state index is -0.491. The maximum Gasteiger partial charge on any atom is 0.162 e. The van der Waals surface area contributed by atoms with Crippen LogP contribution < -0.4 is 4.74 Å². The van der Waals surface area contributed by atoms with Gasteiger partial charge in [0, 0.05) is 48.3 Å². The molecule has 0 atom stereocenters. The lowest BCUT2D eigenvalue weighted by Gasteiger charge is -2.48. The zero-order chi connectivity index (χ0) is 24.3. The number of allylic oxidation sites excluding steroid dienone is 4. The van der Waals surface area contributed by atoms with Crippen LogP contribution >= 0.6 is 23.2 Å². The molecule has 0 unspecified atom stereocenters. The molecule has 0 fully saturated rings. The largest absolute Gasteiger partial charge is 0.478 e. The molecule has 0 bridgehead atoms. The van der Waals surface area contributed by atoms with Crippen molar-refractivity contribution >= 4 is 34.8 Å². The fourth-order valence-corrected chi connectivity index (χ4v) is 6.11. The van der Waals surface area contributed by atoms with E-state index in [4.69, 9.17) is 34.4 Å². The Morgan fingerprint density at radius 3 is 1.85 bits per heavy atom. The first-order chi connectivity index (χ1) is 15.3. The zero-order valence-corrected chi connectivity index (χ0v) is 21.3. The number of hydrogen-bond acceptors (Lipinski definition) is 4. The molecule has 4 rings (SSSR count). The van der Waals surface area contributed by atoms with Gasteiger partial charge in [-0.3, -0.25) is 9.59 Å². The van der Waals surface area contributed by atoms with Crippen molar-refractivity contribution in [2.24, 2.45) is 10.8 Å². The standard InChI is InChI=1S/C27H29Cl2NO3/c1-7-8-33-25-16(28)9-15(10-17(25)29)22-23-18(11-26(2,3)13-20(23)31)30(6)19-12-27(4,5)14-21(32)24(19)22/h1,9-10,22H,8,11-14H2,2-6H3. The van der Waals surface area contributed by atoms with E-state index in [-0.39, 0.29) is 29.0 Å². The first kappa shape index (κ1) is 23.9. The number of hydrogen-bond donors (Lipinski definition) is 0. The highest BCUT2D eigenvalue weighted by atomic mass is 35.5. The van der Waals surface area contributed by atoms with Gasteiger partial charge in [-0.25, -0.2) is 0 Å². The number of carbonyl (C=O) groups is 2. The van der Waals surface area contributed by atoms with Gasteiger partial charge in [-0.1, -0.05) is 56.8 Å². The molecule has 0 saturated heterocycles. The van der Waals surface area contributed by atoms with Crippen LogP contribution in [0.3, 0.4) is 0 Å². The molecule has 174 valence electrons. The molecule has 3 aliphatic rings. The summed E-state index contributed by atoms with van der Waals surface area (Å²) >= 11 is 13.1. The topological polar surface area (TPSA) is 46.6 Å². The number of benzene rings is 1. The number of ether oxygens (including phenoxy) is 1. The Kier molecular flexibility index (Phi) is 5.96. The Hall–Kier alpha value is -2.22. The van der Waals surface area contributed by atoms with Crippen LogP contribution in [0.4, 0.5) is 0 Å². The van der Waals surface area contributed by atoms with Crippen molar-refractivity contribution in [2.75, 3.05) is 13.7 Å². The fraction of sp³-hybridized carbons (Fsp3) is 0.481. The molecule has 1 aromatic carbocycles. The predicted octanol–water partition coefficient (Wildman–Crippen LogP) is 6.32. The maximum absolute atomic E-state index is 13.5. The maximum atomic E-state index is 13.5. The summed E-state index contributed by atoms with van der Waals surface area (Å²) in [6.07, 6.45) is 7.69. The van der Waals surface area contributed by atoms with Crippen LogP contribution in [0.5, 0.6) is 5.75 Å². The zero-order valence-electron chi connectivity index (χ0n) is 19.8. The van der Waals surface area contributed by atoms with E-state index in [0.717, 1.165) is 29.8 Å². The number of rotatable bonds is 3. The normalized spacial score (nSPS) is 22.2. The molecular weight excluding hydrogens is 457 g/mol. The molecule has 4 nitrogen and oxygen atoms in total. The number of Topliss-reactive ketones (excluding diaryl/α,β-unsaturated/α-hetero) is 2. The SMILES string of the molecule is C#CCOc1c(Cl)cc(C2C3=C(CC(C)(C)CC3=O)N(C)C3=C2C(=O)CC(C)(C)C3)cc1Cl. The van der Waals surface area contributed by atoms with Crippen LogP contribution in [-0.4, -0.2) is 30.1 Å². The summed E-state index contributed by atoms with van der Waals surface area (Å²) in [7, 11) is 1.99. The third-order valence-corrected chi connectivity index (χ3v) is 7.40. The van der Waals surface area contributed by atoms with Crippen LogP contribution in [-0.2, 0) is 9.59 Å². The van der Waals surface area contributed by atoms with E-state index in [1.807, 2.05) is 7.05 Å². The quantitative estimate of drug-likeness (QED) is 0.469. The molecular formula is C27H29Cl2NO3. The van der Waals surface area contributed by atoms with Crippen molar-refractivity contribution in [1.82, 2.24) is 4.90 Å². The van der Waals surface area contributed by atoms with Crippen molar-refractivity contribution in [3.63, 3.8) is 0 Å². The predicted molar refractivity (Wildman–Crippen MR) is 131 cm³/mol. The molecule has 0 saturated carbocycles. The fourth-order valence-electron chi connectivity index (χ4n) is 5.50. The molecule has 33 heavy (non-hydrogen) atoms. The number of carbonyl (C=O) groups excluding carboxylic acids is 2. The van der Waals surface area contributed by atoms with E-state index in [1.54, 1.807) is 12.1 Å². The van der Waals surface area contributed by atoms with Gasteiger partial charge in [0.05, 0.1) is 10.0 Å². The average Bonchev–Trinajstić information content (AvgIpc) is 2.67. The average molecular weight is 486 g/mol. The van der Waals surface area contributed by atoms with Crippen molar-refractivity contribution in [3.05, 3.63) is 50.3 Å². The molecule has 0 amide bonds. The Labute approximate surface area is 206 Å². The van der Waals surface area contributed by atoms with Crippen LogP contribution in [0, 0.1) is 23.2 Å². The third kappa shape index (κ3) is 4.22. The van der Waals surface area contributed by atoms with Gasteiger partial charge in [-0.05, 0) is 41.4 Å².